The number of nitrogens with one attached hydrogen (secondary N) is 4. The van der Waals surface area contributed by atoms with Crippen molar-refractivity contribution < 1.29 is 76.5 Å². The molecule has 1 saturated heterocycles. The summed E-state index contributed by atoms with van der Waals surface area (Å²) in [4.78, 5) is 201. The lowest BCUT2D eigenvalue weighted by Gasteiger charge is -2.42. The van der Waals surface area contributed by atoms with Crippen molar-refractivity contribution >= 4 is 76.9 Å². The van der Waals surface area contributed by atoms with Gasteiger partial charge in [-0.1, -0.05) is 114 Å². The Morgan fingerprint density at radius 3 is 1.47 bits per heavy atom. The van der Waals surface area contributed by atoms with Gasteiger partial charge in [-0.2, -0.15) is 0 Å². The van der Waals surface area contributed by atoms with Crippen molar-refractivity contribution in [2.45, 2.75) is 236 Å². The first-order valence-corrected chi connectivity index (χ1v) is 34.6. The molecule has 0 aromatic carbocycles. The van der Waals surface area contributed by atoms with Crippen LogP contribution < -0.4 is 21.3 Å². The number of hydrogen-bond acceptors (Lipinski definition) is 17. The summed E-state index contributed by atoms with van der Waals surface area (Å²) in [5.74, 6) is -13.2. The second-order valence-corrected chi connectivity index (χ2v) is 28.9. The Hall–Kier alpha value is -7.88. The molecule has 0 aliphatic carbocycles. The molecule has 99 heavy (non-hydrogen) atoms. The molecule has 1 rings (SSSR count). The molecule has 0 saturated carbocycles. The second kappa shape index (κ2) is 42.3. The van der Waals surface area contributed by atoms with E-state index < -0.39 is 187 Å². The van der Waals surface area contributed by atoms with Gasteiger partial charge in [0.05, 0.1) is 19.3 Å². The Morgan fingerprint density at radius 2 is 1.00 bits per heavy atom. The van der Waals surface area contributed by atoms with Crippen LogP contribution in [0.4, 0.5) is 0 Å². The number of carbonyl (C=O) groups excluding carboxylic acids is 13. The van der Waals surface area contributed by atoms with Crippen LogP contribution in [-0.4, -0.2) is 259 Å². The van der Waals surface area contributed by atoms with Crippen LogP contribution in [0.1, 0.15) is 163 Å². The van der Waals surface area contributed by atoms with Gasteiger partial charge < -0.3 is 69.8 Å². The molecule has 1 fully saturated rings. The molecule has 562 valence electrons. The highest BCUT2D eigenvalue weighted by Crippen LogP contribution is 2.27. The minimum absolute atomic E-state index is 0.0186. The molecule has 30 heteroatoms. The standard InChI is InChI=1S/C69H120N14O16/c1-26-48-64(91)77(19)35-54(85)78(20)50(31-38(2)3)62(89)75-56(42(10)11)68(95)79(21)51(32-39(4)5)61(88)72-46(17)60(87)74-49(36-97-37-55(86)98-44(14)15)65(92)80(22)52(33-40(6)7)66(93)81(23)53(34-41(8)9)67(94)82(24)57(43(12)13)69(96)83(25)58(63(90)73-48)59(99-47(18)84)45(16)29-27-28-30-71-76-70/h27-28,38-46,48-53,56-59H,26,29-37H2,1-25H3,(H,72,88)(H,73,90)(H,74,87)(H,75,89)/b28-27+/t45-,46+,48+,49-,50+,51+,52+,53+,56+,57+,58+,59-/m1/s1. The summed E-state index contributed by atoms with van der Waals surface area (Å²) in [5.41, 5.74) is 8.91. The van der Waals surface area contributed by atoms with Crippen LogP contribution in [0.5, 0.6) is 0 Å². The highest BCUT2D eigenvalue weighted by molar-refractivity contribution is 6.00. The van der Waals surface area contributed by atoms with Gasteiger partial charge in [0.2, 0.25) is 65.0 Å². The second-order valence-electron chi connectivity index (χ2n) is 28.9. The third-order valence-electron chi connectivity index (χ3n) is 17.3. The van der Waals surface area contributed by atoms with Gasteiger partial charge in [-0.3, -0.25) is 57.5 Å². The Balaban J connectivity index is 4.63. The number of azide groups is 1. The molecule has 4 N–H and O–H groups in total. The van der Waals surface area contributed by atoms with E-state index in [0.29, 0.717) is 0 Å². The lowest BCUT2D eigenvalue weighted by atomic mass is 9.91. The van der Waals surface area contributed by atoms with E-state index in [0.717, 1.165) is 21.6 Å². The lowest BCUT2D eigenvalue weighted by molar-refractivity contribution is -0.164. The van der Waals surface area contributed by atoms with Crippen LogP contribution in [0, 0.1) is 41.4 Å². The van der Waals surface area contributed by atoms with E-state index in [1.807, 2.05) is 55.4 Å². The molecule has 0 bridgehead atoms. The Kier molecular flexibility index (Phi) is 38.1. The topological polar surface area (TPSA) is 369 Å². The molecule has 12 atom stereocenters. The van der Waals surface area contributed by atoms with Crippen LogP contribution in [0.3, 0.4) is 0 Å². The van der Waals surface area contributed by atoms with Crippen LogP contribution in [0.25, 0.3) is 10.4 Å². The number of ether oxygens (including phenoxy) is 3. The first kappa shape index (κ1) is 89.1. The van der Waals surface area contributed by atoms with Crippen molar-refractivity contribution in [1.29, 1.82) is 0 Å². The number of allylic oxidation sites excluding steroid dienone is 1. The highest BCUT2D eigenvalue weighted by Gasteiger charge is 2.47. The van der Waals surface area contributed by atoms with Crippen LogP contribution in [0.2, 0.25) is 0 Å². The Labute approximate surface area is 587 Å². The van der Waals surface area contributed by atoms with Gasteiger partial charge in [0.15, 0.2) is 0 Å². The van der Waals surface area contributed by atoms with Gasteiger partial charge in [-0.15, -0.1) is 0 Å². The van der Waals surface area contributed by atoms with E-state index in [1.54, 1.807) is 67.5 Å². The molecular weight excluding hydrogens is 1280 g/mol. The Bertz CT molecular complexity index is 2840. The quantitative estimate of drug-likeness (QED) is 0.0368. The smallest absolute Gasteiger partial charge is 0.332 e. The third-order valence-corrected chi connectivity index (χ3v) is 17.3. The summed E-state index contributed by atoms with van der Waals surface area (Å²) in [5, 5.41) is 14.4. The zero-order valence-electron chi connectivity index (χ0n) is 63.7. The van der Waals surface area contributed by atoms with E-state index in [4.69, 9.17) is 19.7 Å². The predicted molar refractivity (Wildman–Crippen MR) is 373 cm³/mol. The van der Waals surface area contributed by atoms with Gasteiger partial charge in [-0.25, -0.2) is 4.79 Å². The maximum Gasteiger partial charge on any atom is 0.332 e. The van der Waals surface area contributed by atoms with Crippen molar-refractivity contribution in [3.05, 3.63) is 22.6 Å². The molecule has 0 unspecified atom stereocenters. The summed E-state index contributed by atoms with van der Waals surface area (Å²) in [6.45, 7) is 28.4. The van der Waals surface area contributed by atoms with Crippen molar-refractivity contribution in [3.8, 4) is 0 Å². The van der Waals surface area contributed by atoms with E-state index in [9.17, 15) is 38.4 Å². The third kappa shape index (κ3) is 27.6. The average molecular weight is 1400 g/mol. The molecule has 30 nitrogen and oxygen atoms in total. The normalized spacial score (nSPS) is 24.6. The summed E-state index contributed by atoms with van der Waals surface area (Å²) in [6.07, 6.45) is 1.51. The maximum atomic E-state index is 15.6. The number of rotatable bonds is 23. The van der Waals surface area contributed by atoms with Gasteiger partial charge in [0.25, 0.3) is 0 Å². The van der Waals surface area contributed by atoms with Crippen LogP contribution in [-0.2, 0) is 76.5 Å². The first-order chi connectivity index (χ1) is 45.9. The van der Waals surface area contributed by atoms with E-state index in [2.05, 4.69) is 31.3 Å². The van der Waals surface area contributed by atoms with Crippen molar-refractivity contribution in [3.63, 3.8) is 0 Å². The number of hydrogen-bond donors (Lipinski definition) is 4. The molecule has 1 aliphatic heterocycles. The monoisotopic (exact) mass is 1400 g/mol. The van der Waals surface area contributed by atoms with E-state index >= 15 is 24.0 Å². The van der Waals surface area contributed by atoms with Gasteiger partial charge in [0.1, 0.15) is 73.1 Å². The number of amides is 11. The van der Waals surface area contributed by atoms with Gasteiger partial charge in [-0.05, 0) is 106 Å². The molecule has 0 spiro atoms. The van der Waals surface area contributed by atoms with E-state index in [-0.39, 0.29) is 68.7 Å². The minimum Gasteiger partial charge on any atom is -0.461 e. The summed E-state index contributed by atoms with van der Waals surface area (Å²) >= 11 is 0. The number of carbonyl (C=O) groups is 13. The van der Waals surface area contributed by atoms with Gasteiger partial charge >= 0.3 is 11.9 Å². The highest BCUT2D eigenvalue weighted by atomic mass is 16.6. The molecule has 1 aliphatic rings. The number of esters is 2. The van der Waals surface area contributed by atoms with Crippen molar-refractivity contribution in [2.75, 3.05) is 75.6 Å². The van der Waals surface area contributed by atoms with E-state index in [1.165, 1.54) is 75.9 Å². The summed E-state index contributed by atoms with van der Waals surface area (Å²) in [7, 11) is 9.51. The molecular formula is C69H120N14O16. The predicted octanol–water partition coefficient (Wildman–Crippen LogP) is 4.08. The summed E-state index contributed by atoms with van der Waals surface area (Å²) < 4.78 is 16.9. The average Bonchev–Trinajstić information content (AvgIpc) is 0.805. The van der Waals surface area contributed by atoms with Crippen molar-refractivity contribution in [1.82, 2.24) is 55.6 Å². The van der Waals surface area contributed by atoms with Crippen LogP contribution in [0.15, 0.2) is 17.3 Å². The fraction of sp³-hybridized carbons (Fsp3) is 0.783. The molecule has 0 aromatic rings. The molecule has 11 amide bonds. The first-order valence-electron chi connectivity index (χ1n) is 34.6. The van der Waals surface area contributed by atoms with Gasteiger partial charge in [0, 0.05) is 67.7 Å². The Morgan fingerprint density at radius 1 is 0.535 bits per heavy atom. The molecule has 0 aromatic heterocycles. The minimum atomic E-state index is -1.73. The largest absolute Gasteiger partial charge is 0.461 e. The fourth-order valence-corrected chi connectivity index (χ4v) is 11.7. The van der Waals surface area contributed by atoms with Crippen LogP contribution >= 0.6 is 0 Å². The lowest BCUT2D eigenvalue weighted by Crippen LogP contribution is -2.64. The maximum absolute atomic E-state index is 15.6. The summed E-state index contributed by atoms with van der Waals surface area (Å²) in [6, 6.07) is -13.9. The fourth-order valence-electron chi connectivity index (χ4n) is 11.7. The number of likely N-dealkylation sites (N-methyl/N-ethyl adjacent to an activating group) is 7. The molecule has 0 radical (unpaired) electrons. The zero-order valence-corrected chi connectivity index (χ0v) is 63.7. The zero-order chi connectivity index (χ0) is 76.4. The van der Waals surface area contributed by atoms with Crippen molar-refractivity contribution in [2.24, 2.45) is 46.5 Å². The number of nitrogens with zero attached hydrogens (tertiary/aromatic N) is 10. The SMILES string of the molecule is CC[C@@H]1NC(=O)[C@H]([C@H](OC(C)=O)[C@H](C)C/C=C/CN=[N+]=[N-])N(C)C(=O)[C@H](C(C)C)N(C)C(=O)[C@H](CC(C)C)N(C)C(=O)[C@H](CC(C)C)N(C)C(=O)[C@@H](COCC(=O)OC(C)C)NC(=O)[C@H](C)NC(=O)[C@H](CC(C)C)N(C)C(=O)[C@H](C(C)C)NC(=O)[C@H](CC(C)C)N(C)C(=O)CN(C)C1=O. The molecule has 1 heterocycles.